The number of hydrogen-bond donors (Lipinski definition) is 0. The number of para-hydroxylation sites is 2. The Morgan fingerprint density at radius 3 is 2.59 bits per heavy atom. The van der Waals surface area contributed by atoms with E-state index in [0.717, 1.165) is 11.8 Å². The highest BCUT2D eigenvalue weighted by Crippen LogP contribution is 2.22. The number of carbonyl (C=O) groups is 1. The molecular weight excluding hydrogens is 282 g/mol. The third-order valence-electron chi connectivity index (χ3n) is 3.12. The van der Waals surface area contributed by atoms with E-state index in [9.17, 15) is 4.79 Å². The van der Waals surface area contributed by atoms with Gasteiger partial charge in [-0.15, -0.1) is 0 Å². The van der Waals surface area contributed by atoms with Crippen LogP contribution in [0.2, 0.25) is 0 Å². The molecule has 1 unspecified atom stereocenters. The van der Waals surface area contributed by atoms with Crippen molar-refractivity contribution in [3.63, 3.8) is 0 Å². The van der Waals surface area contributed by atoms with E-state index >= 15 is 0 Å². The van der Waals surface area contributed by atoms with Crippen LogP contribution in [0.15, 0.2) is 52.9 Å². The van der Waals surface area contributed by atoms with Crippen molar-refractivity contribution in [2.45, 2.75) is 19.6 Å². The zero-order chi connectivity index (χ0) is 15.4. The summed E-state index contributed by atoms with van der Waals surface area (Å²) >= 11 is 0. The number of carbonyl (C=O) groups excluding carboxylic acids is 1. The molecule has 1 heterocycles. The molecule has 3 aromatic rings. The second-order valence-electron chi connectivity index (χ2n) is 4.71. The van der Waals surface area contributed by atoms with Crippen molar-refractivity contribution in [2.75, 3.05) is 0 Å². The zero-order valence-electron chi connectivity index (χ0n) is 12.1. The van der Waals surface area contributed by atoms with Gasteiger partial charge < -0.3 is 13.9 Å². The first-order chi connectivity index (χ1) is 10.8. The molecule has 0 aliphatic heterocycles. The fourth-order valence-corrected chi connectivity index (χ4v) is 1.98. The highest BCUT2D eigenvalue weighted by molar-refractivity contribution is 5.74. The first kappa shape index (κ1) is 14.1. The van der Waals surface area contributed by atoms with Crippen molar-refractivity contribution in [1.29, 1.82) is 0 Å². The van der Waals surface area contributed by atoms with Gasteiger partial charge in [0.25, 0.3) is 0 Å². The number of hydrogen-bond acceptors (Lipinski definition) is 5. The van der Waals surface area contributed by atoms with E-state index in [2.05, 4.69) is 4.98 Å². The molecular formula is C17H15NO4. The number of aromatic nitrogens is 1. The minimum Gasteiger partial charge on any atom is -0.455 e. The van der Waals surface area contributed by atoms with Gasteiger partial charge in [0.1, 0.15) is 17.6 Å². The van der Waals surface area contributed by atoms with Crippen LogP contribution in [0.3, 0.4) is 0 Å². The molecule has 112 valence electrons. The first-order valence-corrected chi connectivity index (χ1v) is 7.02. The zero-order valence-corrected chi connectivity index (χ0v) is 12.1. The normalized spacial score (nSPS) is 12.0. The van der Waals surface area contributed by atoms with Gasteiger partial charge in [-0.05, 0) is 36.4 Å². The molecule has 5 heteroatoms. The van der Waals surface area contributed by atoms with Crippen LogP contribution < -0.4 is 9.47 Å². The summed E-state index contributed by atoms with van der Waals surface area (Å²) in [5.74, 6) is 0.619. The maximum absolute atomic E-state index is 10.6. The van der Waals surface area contributed by atoms with Crippen molar-refractivity contribution in [2.24, 2.45) is 0 Å². The molecule has 0 spiro atoms. The minimum atomic E-state index is -0.518. The smallest absolute Gasteiger partial charge is 0.397 e. The first-order valence-electron chi connectivity index (χ1n) is 7.02. The molecule has 2 aromatic carbocycles. The summed E-state index contributed by atoms with van der Waals surface area (Å²) in [6.45, 7) is 1.94. The van der Waals surface area contributed by atoms with E-state index < -0.39 is 6.29 Å². The van der Waals surface area contributed by atoms with Crippen LogP contribution in [0.1, 0.15) is 23.7 Å². The summed E-state index contributed by atoms with van der Waals surface area (Å²) < 4.78 is 16.9. The van der Waals surface area contributed by atoms with Crippen LogP contribution >= 0.6 is 0 Å². The summed E-state index contributed by atoms with van der Waals surface area (Å²) in [6, 6.07) is 14.3. The maximum Gasteiger partial charge on any atom is 0.397 e. The molecule has 0 aliphatic rings. The Labute approximate surface area is 127 Å². The Bertz CT molecular complexity index is 731. The molecule has 0 saturated heterocycles. The SMILES string of the molecule is CCC(Oc1ccc(C=O)cc1)Oc1nc2ccccc2o1. The van der Waals surface area contributed by atoms with Gasteiger partial charge in [-0.2, -0.15) is 4.98 Å². The van der Waals surface area contributed by atoms with Crippen molar-refractivity contribution < 1.29 is 18.7 Å². The molecule has 22 heavy (non-hydrogen) atoms. The van der Waals surface area contributed by atoms with Crippen LogP contribution in [0.25, 0.3) is 11.1 Å². The van der Waals surface area contributed by atoms with Crippen LogP contribution in [-0.4, -0.2) is 17.6 Å². The number of rotatable bonds is 6. The molecule has 0 amide bonds. The van der Waals surface area contributed by atoms with Gasteiger partial charge in [-0.3, -0.25) is 4.79 Å². The number of nitrogens with zero attached hydrogens (tertiary/aromatic N) is 1. The minimum absolute atomic E-state index is 0.178. The molecule has 0 saturated carbocycles. The average molecular weight is 297 g/mol. The van der Waals surface area contributed by atoms with E-state index in [0.29, 0.717) is 23.3 Å². The monoisotopic (exact) mass is 297 g/mol. The Morgan fingerprint density at radius 2 is 1.91 bits per heavy atom. The predicted molar refractivity (Wildman–Crippen MR) is 81.2 cm³/mol. The van der Waals surface area contributed by atoms with Crippen molar-refractivity contribution in [1.82, 2.24) is 4.98 Å². The highest BCUT2D eigenvalue weighted by atomic mass is 16.7. The second-order valence-corrected chi connectivity index (χ2v) is 4.71. The van der Waals surface area contributed by atoms with E-state index in [1.165, 1.54) is 0 Å². The molecule has 0 N–H and O–H groups in total. The predicted octanol–water partition coefficient (Wildman–Crippen LogP) is 3.83. The van der Waals surface area contributed by atoms with Crippen LogP contribution in [-0.2, 0) is 0 Å². The Balaban J connectivity index is 1.71. The fraction of sp³-hybridized carbons (Fsp3) is 0.176. The summed E-state index contributed by atoms with van der Waals surface area (Å²) in [4.78, 5) is 14.9. The van der Waals surface area contributed by atoms with Crippen molar-refractivity contribution in [3.8, 4) is 11.8 Å². The third-order valence-corrected chi connectivity index (χ3v) is 3.12. The van der Waals surface area contributed by atoms with Crippen LogP contribution in [0.4, 0.5) is 0 Å². The Hall–Kier alpha value is -2.82. The summed E-state index contributed by atoms with van der Waals surface area (Å²) in [6.07, 6.45) is 1.07. The van der Waals surface area contributed by atoms with Gasteiger partial charge in [-0.1, -0.05) is 19.1 Å². The standard InChI is InChI=1S/C17H15NO4/c1-2-16(20-13-9-7-12(11-19)8-10-13)22-17-18-14-5-3-4-6-15(14)21-17/h3-11,16H,2H2,1H3. The average Bonchev–Trinajstić information content (AvgIpc) is 2.97. The summed E-state index contributed by atoms with van der Waals surface area (Å²) in [5, 5.41) is 0. The lowest BCUT2D eigenvalue weighted by Crippen LogP contribution is -2.23. The lowest BCUT2D eigenvalue weighted by Gasteiger charge is -2.16. The van der Waals surface area contributed by atoms with E-state index in [1.807, 2.05) is 31.2 Å². The molecule has 0 fully saturated rings. The summed E-state index contributed by atoms with van der Waals surface area (Å²) in [7, 11) is 0. The van der Waals surface area contributed by atoms with Crippen molar-refractivity contribution >= 4 is 17.4 Å². The van der Waals surface area contributed by atoms with Crippen LogP contribution in [0, 0.1) is 0 Å². The van der Waals surface area contributed by atoms with Gasteiger partial charge >= 0.3 is 6.08 Å². The molecule has 1 atom stereocenters. The van der Waals surface area contributed by atoms with Gasteiger partial charge in [0.15, 0.2) is 5.58 Å². The Morgan fingerprint density at radius 1 is 1.14 bits per heavy atom. The van der Waals surface area contributed by atoms with Gasteiger partial charge in [0, 0.05) is 12.0 Å². The van der Waals surface area contributed by atoms with Gasteiger partial charge in [0.05, 0.1) is 0 Å². The number of ether oxygens (including phenoxy) is 2. The third kappa shape index (κ3) is 3.09. The molecule has 0 bridgehead atoms. The largest absolute Gasteiger partial charge is 0.455 e. The molecule has 5 nitrogen and oxygen atoms in total. The topological polar surface area (TPSA) is 61.6 Å². The van der Waals surface area contributed by atoms with Crippen LogP contribution in [0.5, 0.6) is 11.8 Å². The number of aldehydes is 1. The molecule has 0 radical (unpaired) electrons. The quantitative estimate of drug-likeness (QED) is 0.511. The number of benzene rings is 2. The Kier molecular flexibility index (Phi) is 4.05. The van der Waals surface area contributed by atoms with E-state index in [1.54, 1.807) is 24.3 Å². The fourth-order valence-electron chi connectivity index (χ4n) is 1.98. The van der Waals surface area contributed by atoms with Gasteiger partial charge in [-0.25, -0.2) is 0 Å². The number of fused-ring (bicyclic) bond motifs is 1. The lowest BCUT2D eigenvalue weighted by atomic mass is 10.2. The van der Waals surface area contributed by atoms with Gasteiger partial charge in [0.2, 0.25) is 6.29 Å². The molecule has 3 rings (SSSR count). The maximum atomic E-state index is 10.6. The molecule has 1 aromatic heterocycles. The second kappa shape index (κ2) is 6.30. The van der Waals surface area contributed by atoms with E-state index in [-0.39, 0.29) is 6.08 Å². The van der Waals surface area contributed by atoms with E-state index in [4.69, 9.17) is 13.9 Å². The highest BCUT2D eigenvalue weighted by Gasteiger charge is 2.14. The lowest BCUT2D eigenvalue weighted by molar-refractivity contribution is -0.0162. The van der Waals surface area contributed by atoms with Crippen molar-refractivity contribution in [3.05, 3.63) is 54.1 Å². The number of oxazole rings is 1. The molecule has 0 aliphatic carbocycles. The summed E-state index contributed by atoms with van der Waals surface area (Å²) in [5.41, 5.74) is 2.01.